The molecule has 3 rings (SSSR count). The minimum Gasteiger partial charge on any atom is -0.497 e. The van der Waals surface area contributed by atoms with Gasteiger partial charge in [0.15, 0.2) is 12.4 Å². The highest BCUT2D eigenvalue weighted by Crippen LogP contribution is 2.17. The summed E-state index contributed by atoms with van der Waals surface area (Å²) in [6, 6.07) is 17.8. The van der Waals surface area contributed by atoms with E-state index in [4.69, 9.17) is 14.2 Å². The summed E-state index contributed by atoms with van der Waals surface area (Å²) >= 11 is 0. The van der Waals surface area contributed by atoms with Crippen molar-refractivity contribution in [2.75, 3.05) is 25.6 Å². The second-order valence-electron chi connectivity index (χ2n) is 6.51. The van der Waals surface area contributed by atoms with Crippen molar-refractivity contribution in [1.82, 2.24) is 4.57 Å². The number of rotatable bonds is 9. The van der Waals surface area contributed by atoms with E-state index >= 15 is 0 Å². The first-order valence-electron chi connectivity index (χ1n) is 9.51. The molecule has 0 unspecified atom stereocenters. The summed E-state index contributed by atoms with van der Waals surface area (Å²) in [6.45, 7) is 2.45. The topological polar surface area (TPSA) is 78.8 Å². The normalized spacial score (nSPS) is 10.3. The first-order chi connectivity index (χ1) is 14.6. The molecule has 0 aliphatic carbocycles. The van der Waals surface area contributed by atoms with Crippen LogP contribution in [0.5, 0.6) is 17.2 Å². The number of carbonyl (C=O) groups is 1. The standard InChI is InChI=1S/C23H24N2O5/c1-17-23(30-16-22(27)24-18-6-4-3-5-7-18)21(26)12-13-25(17)14-15-29-20-10-8-19(28-2)9-11-20/h3-13H,14-16H2,1-2H3,(H,24,27). The van der Waals surface area contributed by atoms with Crippen molar-refractivity contribution >= 4 is 11.6 Å². The Labute approximate surface area is 174 Å². The van der Waals surface area contributed by atoms with Crippen LogP contribution in [-0.2, 0) is 11.3 Å². The third kappa shape index (κ3) is 5.64. The highest BCUT2D eigenvalue weighted by molar-refractivity contribution is 5.91. The van der Waals surface area contributed by atoms with Gasteiger partial charge in [-0.2, -0.15) is 0 Å². The average Bonchev–Trinajstić information content (AvgIpc) is 2.76. The van der Waals surface area contributed by atoms with E-state index in [0.717, 1.165) is 11.5 Å². The van der Waals surface area contributed by atoms with Crippen molar-refractivity contribution in [3.05, 3.63) is 82.8 Å². The van der Waals surface area contributed by atoms with E-state index in [-0.39, 0.29) is 23.7 Å². The molecular formula is C23H24N2O5. The van der Waals surface area contributed by atoms with Gasteiger partial charge in [-0.1, -0.05) is 18.2 Å². The number of pyridine rings is 1. The number of carbonyl (C=O) groups excluding carboxylic acids is 1. The van der Waals surface area contributed by atoms with Gasteiger partial charge >= 0.3 is 0 Å². The van der Waals surface area contributed by atoms with Crippen molar-refractivity contribution in [3.63, 3.8) is 0 Å². The van der Waals surface area contributed by atoms with Crippen LogP contribution in [0.1, 0.15) is 5.69 Å². The van der Waals surface area contributed by atoms with Crippen LogP contribution in [0.3, 0.4) is 0 Å². The molecule has 1 aromatic heterocycles. The fraction of sp³-hybridized carbons (Fsp3) is 0.217. The second kappa shape index (κ2) is 10.2. The Bertz CT molecular complexity index is 1030. The quantitative estimate of drug-likeness (QED) is 0.588. The Morgan fingerprint density at radius 2 is 1.67 bits per heavy atom. The highest BCUT2D eigenvalue weighted by atomic mass is 16.5. The molecule has 2 aromatic carbocycles. The zero-order valence-electron chi connectivity index (χ0n) is 17.0. The van der Waals surface area contributed by atoms with Gasteiger partial charge in [0.2, 0.25) is 5.43 Å². The van der Waals surface area contributed by atoms with Crippen molar-refractivity contribution in [2.24, 2.45) is 0 Å². The number of ether oxygens (including phenoxy) is 3. The van der Waals surface area contributed by atoms with Gasteiger partial charge in [-0.15, -0.1) is 0 Å². The fourth-order valence-electron chi connectivity index (χ4n) is 2.86. The lowest BCUT2D eigenvalue weighted by molar-refractivity contribution is -0.118. The summed E-state index contributed by atoms with van der Waals surface area (Å²) in [5, 5.41) is 2.72. The number of nitrogens with zero attached hydrogens (tertiary/aromatic N) is 1. The number of benzene rings is 2. The summed E-state index contributed by atoms with van der Waals surface area (Å²) in [6.07, 6.45) is 1.69. The predicted molar refractivity (Wildman–Crippen MR) is 114 cm³/mol. The Balaban J connectivity index is 1.57. The molecule has 0 aliphatic rings. The van der Waals surface area contributed by atoms with Gasteiger partial charge in [0, 0.05) is 18.0 Å². The van der Waals surface area contributed by atoms with Crippen molar-refractivity contribution in [1.29, 1.82) is 0 Å². The number of hydrogen-bond acceptors (Lipinski definition) is 5. The fourth-order valence-corrected chi connectivity index (χ4v) is 2.86. The molecule has 0 spiro atoms. The molecule has 3 aromatic rings. The van der Waals surface area contributed by atoms with Gasteiger partial charge in [0.25, 0.3) is 5.91 Å². The van der Waals surface area contributed by atoms with Crippen molar-refractivity contribution in [2.45, 2.75) is 13.5 Å². The third-order valence-electron chi connectivity index (χ3n) is 4.45. The molecule has 30 heavy (non-hydrogen) atoms. The van der Waals surface area contributed by atoms with E-state index in [0.29, 0.717) is 24.5 Å². The number of para-hydroxylation sites is 1. The molecule has 0 aliphatic heterocycles. The molecule has 0 saturated carbocycles. The zero-order chi connectivity index (χ0) is 21.3. The van der Waals surface area contributed by atoms with E-state index in [1.807, 2.05) is 47.0 Å². The average molecular weight is 408 g/mol. The summed E-state index contributed by atoms with van der Waals surface area (Å²) < 4.78 is 18.3. The van der Waals surface area contributed by atoms with Crippen LogP contribution in [0.2, 0.25) is 0 Å². The molecule has 0 saturated heterocycles. The lowest BCUT2D eigenvalue weighted by Crippen LogP contribution is -2.24. The Hall–Kier alpha value is -3.74. The van der Waals surface area contributed by atoms with Crippen LogP contribution in [0.25, 0.3) is 0 Å². The molecular weight excluding hydrogens is 384 g/mol. The monoisotopic (exact) mass is 408 g/mol. The van der Waals surface area contributed by atoms with Crippen LogP contribution in [0.15, 0.2) is 71.7 Å². The first kappa shape index (κ1) is 21.0. The third-order valence-corrected chi connectivity index (χ3v) is 4.45. The molecule has 0 radical (unpaired) electrons. The summed E-state index contributed by atoms with van der Waals surface area (Å²) in [5.74, 6) is 1.31. The van der Waals surface area contributed by atoms with Gasteiger partial charge in [0.1, 0.15) is 18.1 Å². The Kier molecular flexibility index (Phi) is 7.10. The Morgan fingerprint density at radius 1 is 0.967 bits per heavy atom. The maximum atomic E-state index is 12.2. The minimum absolute atomic E-state index is 0.158. The molecule has 156 valence electrons. The van der Waals surface area contributed by atoms with Crippen LogP contribution in [0.4, 0.5) is 5.69 Å². The van der Waals surface area contributed by atoms with Crippen LogP contribution >= 0.6 is 0 Å². The van der Waals surface area contributed by atoms with Crippen molar-refractivity contribution < 1.29 is 19.0 Å². The largest absolute Gasteiger partial charge is 0.497 e. The Morgan fingerprint density at radius 3 is 2.37 bits per heavy atom. The summed E-state index contributed by atoms with van der Waals surface area (Å²) in [7, 11) is 1.61. The van der Waals surface area contributed by atoms with Crippen molar-refractivity contribution in [3.8, 4) is 17.2 Å². The lowest BCUT2D eigenvalue weighted by atomic mass is 10.3. The number of amides is 1. The molecule has 7 heteroatoms. The summed E-state index contributed by atoms with van der Waals surface area (Å²) in [4.78, 5) is 24.3. The number of aromatic nitrogens is 1. The van der Waals surface area contributed by atoms with Crippen LogP contribution < -0.4 is 25.0 Å². The zero-order valence-corrected chi connectivity index (χ0v) is 17.0. The highest BCUT2D eigenvalue weighted by Gasteiger charge is 2.11. The maximum Gasteiger partial charge on any atom is 0.262 e. The van der Waals surface area contributed by atoms with Gasteiger partial charge in [0.05, 0.1) is 19.3 Å². The number of anilines is 1. The number of hydrogen-bond donors (Lipinski definition) is 1. The van der Waals surface area contributed by atoms with Gasteiger partial charge in [-0.25, -0.2) is 0 Å². The molecule has 7 nitrogen and oxygen atoms in total. The van der Waals surface area contributed by atoms with E-state index < -0.39 is 0 Å². The number of nitrogens with one attached hydrogen (secondary N) is 1. The second-order valence-corrected chi connectivity index (χ2v) is 6.51. The lowest BCUT2D eigenvalue weighted by Gasteiger charge is -2.15. The molecule has 0 atom stereocenters. The molecule has 0 fully saturated rings. The van der Waals surface area contributed by atoms with Crippen LogP contribution in [-0.4, -0.2) is 30.8 Å². The molecule has 1 amide bonds. The summed E-state index contributed by atoms with van der Waals surface area (Å²) in [5.41, 5.74) is 1.03. The van der Waals surface area contributed by atoms with Gasteiger partial charge < -0.3 is 24.1 Å². The van der Waals surface area contributed by atoms with E-state index in [2.05, 4.69) is 5.32 Å². The van der Waals surface area contributed by atoms with E-state index in [9.17, 15) is 9.59 Å². The number of methoxy groups -OCH3 is 1. The van der Waals surface area contributed by atoms with E-state index in [1.165, 1.54) is 6.07 Å². The van der Waals surface area contributed by atoms with Gasteiger partial charge in [-0.05, 0) is 43.3 Å². The predicted octanol–water partition coefficient (Wildman–Crippen LogP) is 3.26. The smallest absolute Gasteiger partial charge is 0.262 e. The maximum absolute atomic E-state index is 12.2. The SMILES string of the molecule is COc1ccc(OCCn2ccc(=O)c(OCC(=O)Nc3ccccc3)c2C)cc1. The molecule has 1 heterocycles. The first-order valence-corrected chi connectivity index (χ1v) is 9.51. The minimum atomic E-state index is -0.335. The van der Waals surface area contributed by atoms with Gasteiger partial charge in [-0.3, -0.25) is 9.59 Å². The van der Waals surface area contributed by atoms with Crippen LogP contribution in [0, 0.1) is 6.92 Å². The molecule has 1 N–H and O–H groups in total. The van der Waals surface area contributed by atoms with E-state index in [1.54, 1.807) is 32.4 Å². The molecule has 0 bridgehead atoms.